The molecule has 0 fully saturated rings. The fourth-order valence-corrected chi connectivity index (χ4v) is 2.92. The molecule has 108 valence electrons. The Morgan fingerprint density at radius 1 is 1.33 bits per heavy atom. The molecule has 0 spiro atoms. The fraction of sp³-hybridized carbons (Fsp3) is 0.286. The van der Waals surface area contributed by atoms with Crippen molar-refractivity contribution in [2.24, 2.45) is 0 Å². The zero-order valence-corrected chi connectivity index (χ0v) is 12.4. The molecular formula is C14H15N5OS. The number of carbonyl (C=O) groups is 1. The van der Waals surface area contributed by atoms with Crippen LogP contribution in [-0.4, -0.2) is 32.8 Å². The number of amides is 1. The van der Waals surface area contributed by atoms with E-state index in [2.05, 4.69) is 25.7 Å². The molecule has 1 amide bonds. The van der Waals surface area contributed by atoms with Crippen LogP contribution in [0.4, 0.5) is 0 Å². The first-order chi connectivity index (χ1) is 10.2. The molecule has 0 saturated heterocycles. The van der Waals surface area contributed by atoms with Crippen LogP contribution in [0.3, 0.4) is 0 Å². The van der Waals surface area contributed by atoms with Crippen molar-refractivity contribution in [2.45, 2.75) is 19.8 Å². The maximum absolute atomic E-state index is 12.1. The van der Waals surface area contributed by atoms with Crippen molar-refractivity contribution >= 4 is 28.3 Å². The molecule has 3 rings (SSSR count). The van der Waals surface area contributed by atoms with Gasteiger partial charge in [-0.25, -0.2) is 4.98 Å². The standard InChI is InChI=1S/C14H15N5OS/c1-9-13(21-8-16-9)3-2-6-15-14(20)10-4-5-11-12(7-10)18-19-17-11/h4-5,7-8H,2-3,6H2,1H3,(H,15,20)(H,17,18,19). The highest BCUT2D eigenvalue weighted by Gasteiger charge is 2.08. The van der Waals surface area contributed by atoms with E-state index in [1.165, 1.54) is 4.88 Å². The summed E-state index contributed by atoms with van der Waals surface area (Å²) in [5, 5.41) is 13.4. The topological polar surface area (TPSA) is 83.6 Å². The van der Waals surface area contributed by atoms with Crippen molar-refractivity contribution in [3.8, 4) is 0 Å². The first kappa shape index (κ1) is 13.7. The first-order valence-electron chi connectivity index (χ1n) is 6.72. The summed E-state index contributed by atoms with van der Waals surface area (Å²) >= 11 is 1.66. The van der Waals surface area contributed by atoms with Crippen LogP contribution in [0.2, 0.25) is 0 Å². The molecule has 0 radical (unpaired) electrons. The van der Waals surface area contributed by atoms with Crippen molar-refractivity contribution in [1.29, 1.82) is 0 Å². The second-order valence-corrected chi connectivity index (χ2v) is 5.69. The molecule has 0 aliphatic rings. The first-order valence-corrected chi connectivity index (χ1v) is 7.59. The summed E-state index contributed by atoms with van der Waals surface area (Å²) in [7, 11) is 0. The number of nitrogens with zero attached hydrogens (tertiary/aromatic N) is 3. The predicted molar refractivity (Wildman–Crippen MR) is 81.4 cm³/mol. The van der Waals surface area contributed by atoms with Gasteiger partial charge in [-0.2, -0.15) is 15.4 Å². The fourth-order valence-electron chi connectivity index (χ4n) is 2.10. The Hall–Kier alpha value is -2.28. The van der Waals surface area contributed by atoms with Crippen LogP contribution in [-0.2, 0) is 6.42 Å². The van der Waals surface area contributed by atoms with Gasteiger partial charge in [0.05, 0.1) is 11.2 Å². The van der Waals surface area contributed by atoms with Crippen molar-refractivity contribution in [1.82, 2.24) is 25.7 Å². The summed E-state index contributed by atoms with van der Waals surface area (Å²) in [5.41, 5.74) is 5.00. The average molecular weight is 301 g/mol. The lowest BCUT2D eigenvalue weighted by molar-refractivity contribution is 0.0953. The molecule has 3 aromatic rings. The number of carbonyl (C=O) groups excluding carboxylic acids is 1. The van der Waals surface area contributed by atoms with Gasteiger partial charge in [-0.05, 0) is 38.0 Å². The molecule has 0 bridgehead atoms. The number of aromatic amines is 1. The zero-order chi connectivity index (χ0) is 14.7. The Balaban J connectivity index is 1.53. The number of H-pyrrole nitrogens is 1. The molecule has 0 aliphatic heterocycles. The highest BCUT2D eigenvalue weighted by Crippen LogP contribution is 2.14. The molecular weight excluding hydrogens is 286 g/mol. The van der Waals surface area contributed by atoms with E-state index in [1.807, 2.05) is 12.4 Å². The SMILES string of the molecule is Cc1ncsc1CCCNC(=O)c1ccc2n[nH]nc2c1. The number of nitrogens with one attached hydrogen (secondary N) is 2. The van der Waals surface area contributed by atoms with E-state index in [1.54, 1.807) is 29.5 Å². The Morgan fingerprint density at radius 2 is 2.19 bits per heavy atom. The van der Waals surface area contributed by atoms with E-state index in [0.717, 1.165) is 24.1 Å². The van der Waals surface area contributed by atoms with Crippen LogP contribution in [0, 0.1) is 6.92 Å². The van der Waals surface area contributed by atoms with Gasteiger partial charge in [0.1, 0.15) is 11.0 Å². The molecule has 21 heavy (non-hydrogen) atoms. The Morgan fingerprint density at radius 3 is 3.00 bits per heavy atom. The molecule has 0 aliphatic carbocycles. The van der Waals surface area contributed by atoms with Crippen LogP contribution >= 0.6 is 11.3 Å². The number of rotatable bonds is 5. The number of thiazole rings is 1. The van der Waals surface area contributed by atoms with Crippen LogP contribution in [0.15, 0.2) is 23.7 Å². The minimum absolute atomic E-state index is 0.0825. The van der Waals surface area contributed by atoms with Gasteiger partial charge in [-0.1, -0.05) is 0 Å². The lowest BCUT2D eigenvalue weighted by Crippen LogP contribution is -2.24. The third-order valence-electron chi connectivity index (χ3n) is 3.29. The molecule has 2 heterocycles. The third kappa shape index (κ3) is 3.08. The maximum atomic E-state index is 12.1. The van der Waals surface area contributed by atoms with Crippen molar-refractivity contribution < 1.29 is 4.79 Å². The van der Waals surface area contributed by atoms with Gasteiger partial charge in [-0.15, -0.1) is 11.3 Å². The normalized spacial score (nSPS) is 10.9. The summed E-state index contributed by atoms with van der Waals surface area (Å²) in [4.78, 5) is 17.6. The second kappa shape index (κ2) is 6.01. The summed E-state index contributed by atoms with van der Waals surface area (Å²) in [6, 6.07) is 5.28. The zero-order valence-electron chi connectivity index (χ0n) is 11.6. The van der Waals surface area contributed by atoms with Gasteiger partial charge in [0.15, 0.2) is 0 Å². The lowest BCUT2D eigenvalue weighted by atomic mass is 10.2. The molecule has 0 atom stereocenters. The van der Waals surface area contributed by atoms with Crippen LogP contribution in [0.5, 0.6) is 0 Å². The molecule has 2 N–H and O–H groups in total. The lowest BCUT2D eigenvalue weighted by Gasteiger charge is -2.04. The van der Waals surface area contributed by atoms with Crippen molar-refractivity contribution in [2.75, 3.05) is 6.54 Å². The summed E-state index contributed by atoms with van der Waals surface area (Å²) in [6.07, 6.45) is 1.85. The van der Waals surface area contributed by atoms with Gasteiger partial charge in [-0.3, -0.25) is 4.79 Å². The van der Waals surface area contributed by atoms with E-state index in [4.69, 9.17) is 0 Å². The van der Waals surface area contributed by atoms with E-state index in [9.17, 15) is 4.79 Å². The van der Waals surface area contributed by atoms with Gasteiger partial charge >= 0.3 is 0 Å². The third-order valence-corrected chi connectivity index (χ3v) is 4.28. The summed E-state index contributed by atoms with van der Waals surface area (Å²) in [6.45, 7) is 2.66. The Bertz CT molecular complexity index is 763. The number of hydrogen-bond donors (Lipinski definition) is 2. The maximum Gasteiger partial charge on any atom is 0.251 e. The van der Waals surface area contributed by atoms with Crippen LogP contribution < -0.4 is 5.32 Å². The minimum Gasteiger partial charge on any atom is -0.352 e. The molecule has 7 heteroatoms. The average Bonchev–Trinajstić information content (AvgIpc) is 3.11. The molecule has 1 aromatic carbocycles. The smallest absolute Gasteiger partial charge is 0.251 e. The van der Waals surface area contributed by atoms with Crippen molar-refractivity contribution in [3.05, 3.63) is 39.8 Å². The monoisotopic (exact) mass is 301 g/mol. The molecule has 2 aromatic heterocycles. The van der Waals surface area contributed by atoms with Gasteiger partial charge in [0.2, 0.25) is 0 Å². The molecule has 6 nitrogen and oxygen atoms in total. The number of hydrogen-bond acceptors (Lipinski definition) is 5. The largest absolute Gasteiger partial charge is 0.352 e. The summed E-state index contributed by atoms with van der Waals surface area (Å²) < 4.78 is 0. The van der Waals surface area contributed by atoms with E-state index in [0.29, 0.717) is 17.6 Å². The van der Waals surface area contributed by atoms with E-state index >= 15 is 0 Å². The number of fused-ring (bicyclic) bond motifs is 1. The highest BCUT2D eigenvalue weighted by molar-refractivity contribution is 7.09. The van der Waals surface area contributed by atoms with Gasteiger partial charge in [0.25, 0.3) is 5.91 Å². The minimum atomic E-state index is -0.0825. The number of aryl methyl sites for hydroxylation is 2. The number of benzene rings is 1. The Kier molecular flexibility index (Phi) is 3.92. The summed E-state index contributed by atoms with van der Waals surface area (Å²) in [5.74, 6) is -0.0825. The Labute approximate surface area is 125 Å². The number of aromatic nitrogens is 4. The van der Waals surface area contributed by atoms with E-state index in [-0.39, 0.29) is 5.91 Å². The van der Waals surface area contributed by atoms with Crippen LogP contribution in [0.25, 0.3) is 11.0 Å². The molecule has 0 saturated carbocycles. The quantitative estimate of drug-likeness (QED) is 0.707. The highest BCUT2D eigenvalue weighted by atomic mass is 32.1. The van der Waals surface area contributed by atoms with Crippen molar-refractivity contribution in [3.63, 3.8) is 0 Å². The second-order valence-electron chi connectivity index (χ2n) is 4.75. The van der Waals surface area contributed by atoms with Gasteiger partial charge < -0.3 is 5.32 Å². The predicted octanol–water partition coefficient (Wildman–Crippen LogP) is 2.09. The van der Waals surface area contributed by atoms with Gasteiger partial charge in [0, 0.05) is 17.0 Å². The van der Waals surface area contributed by atoms with Crippen LogP contribution in [0.1, 0.15) is 27.3 Å². The van der Waals surface area contributed by atoms with E-state index < -0.39 is 0 Å². The molecule has 0 unspecified atom stereocenters.